The predicted molar refractivity (Wildman–Crippen MR) is 41.3 cm³/mol. The maximum Gasteiger partial charge on any atom is -0.0234 e. The van der Waals surface area contributed by atoms with E-state index in [1.165, 1.54) is 12.8 Å². The molecule has 0 bridgehead atoms. The molecular formula is C9H16. The largest absolute Gasteiger partial charge is 0.0825 e. The molecule has 0 saturated carbocycles. The lowest BCUT2D eigenvalue weighted by Gasteiger charge is -2.22. The highest BCUT2D eigenvalue weighted by atomic mass is 14.2. The predicted octanol–water partition coefficient (Wildman–Crippen LogP) is 3.00. The van der Waals surface area contributed by atoms with Crippen molar-refractivity contribution in [1.29, 1.82) is 0 Å². The van der Waals surface area contributed by atoms with Gasteiger partial charge in [-0.05, 0) is 31.6 Å². The number of hydrogen-bond donors (Lipinski definition) is 0. The van der Waals surface area contributed by atoms with Crippen molar-refractivity contribution in [3.63, 3.8) is 0 Å². The monoisotopic (exact) mass is 124 g/mol. The molecule has 0 aromatic rings. The molecule has 0 N–H and O–H groups in total. The van der Waals surface area contributed by atoms with E-state index in [4.69, 9.17) is 0 Å². The minimum absolute atomic E-state index is 0.818. The summed E-state index contributed by atoms with van der Waals surface area (Å²) in [4.78, 5) is 0. The molecule has 52 valence electrons. The second kappa shape index (κ2) is 2.55. The Balaban J connectivity index is 2.58. The first kappa shape index (κ1) is 6.85. The SMILES string of the molecule is CC1=C[C@H](C)C(C)CC1. The van der Waals surface area contributed by atoms with Crippen LogP contribution in [0.2, 0.25) is 0 Å². The summed E-state index contributed by atoms with van der Waals surface area (Å²) in [5, 5.41) is 0. The molecule has 0 aromatic carbocycles. The fraction of sp³-hybridized carbons (Fsp3) is 0.778. The maximum absolute atomic E-state index is 2.41. The molecule has 0 nitrogen and oxygen atoms in total. The van der Waals surface area contributed by atoms with Crippen LogP contribution in [-0.2, 0) is 0 Å². The summed E-state index contributed by atoms with van der Waals surface area (Å²) in [6.45, 7) is 6.89. The van der Waals surface area contributed by atoms with Gasteiger partial charge in [0.2, 0.25) is 0 Å². The second-order valence-corrected chi connectivity index (χ2v) is 3.39. The van der Waals surface area contributed by atoms with Crippen LogP contribution in [0.5, 0.6) is 0 Å². The molecule has 0 heterocycles. The van der Waals surface area contributed by atoms with Gasteiger partial charge in [0.05, 0.1) is 0 Å². The van der Waals surface area contributed by atoms with Gasteiger partial charge < -0.3 is 0 Å². The molecule has 0 radical (unpaired) electrons. The first-order valence-electron chi connectivity index (χ1n) is 3.87. The van der Waals surface area contributed by atoms with Gasteiger partial charge in [0.25, 0.3) is 0 Å². The molecule has 0 spiro atoms. The molecule has 2 atom stereocenters. The second-order valence-electron chi connectivity index (χ2n) is 3.39. The average molecular weight is 124 g/mol. The molecule has 1 rings (SSSR count). The molecule has 1 aliphatic carbocycles. The van der Waals surface area contributed by atoms with E-state index >= 15 is 0 Å². The Hall–Kier alpha value is -0.260. The summed E-state index contributed by atoms with van der Waals surface area (Å²) < 4.78 is 0. The van der Waals surface area contributed by atoms with Crippen LogP contribution in [0.3, 0.4) is 0 Å². The Morgan fingerprint density at radius 1 is 1.44 bits per heavy atom. The highest BCUT2D eigenvalue weighted by Crippen LogP contribution is 2.27. The smallest absolute Gasteiger partial charge is 0.0234 e. The summed E-state index contributed by atoms with van der Waals surface area (Å²) in [5.41, 5.74) is 1.58. The van der Waals surface area contributed by atoms with Crippen LogP contribution >= 0.6 is 0 Å². The van der Waals surface area contributed by atoms with Crippen LogP contribution in [-0.4, -0.2) is 0 Å². The number of allylic oxidation sites excluding steroid dienone is 2. The zero-order valence-corrected chi connectivity index (χ0v) is 6.65. The van der Waals surface area contributed by atoms with Crippen molar-refractivity contribution < 1.29 is 0 Å². The van der Waals surface area contributed by atoms with E-state index in [1.54, 1.807) is 5.57 Å². The van der Waals surface area contributed by atoms with Gasteiger partial charge in [-0.3, -0.25) is 0 Å². The molecule has 0 aromatic heterocycles. The van der Waals surface area contributed by atoms with E-state index in [2.05, 4.69) is 26.8 Å². The third-order valence-corrected chi connectivity index (χ3v) is 2.44. The molecule has 1 unspecified atom stereocenters. The van der Waals surface area contributed by atoms with Gasteiger partial charge in [0.15, 0.2) is 0 Å². The van der Waals surface area contributed by atoms with E-state index < -0.39 is 0 Å². The standard InChI is InChI=1S/C9H16/c1-7-4-5-8(2)9(3)6-7/h6,8-9H,4-5H2,1-3H3/t8?,9-/m0/s1. The van der Waals surface area contributed by atoms with Gasteiger partial charge in [-0.2, -0.15) is 0 Å². The van der Waals surface area contributed by atoms with E-state index in [1.807, 2.05) is 0 Å². The van der Waals surface area contributed by atoms with Gasteiger partial charge in [-0.25, -0.2) is 0 Å². The fourth-order valence-corrected chi connectivity index (χ4v) is 1.41. The lowest BCUT2D eigenvalue weighted by atomic mass is 9.84. The molecule has 0 saturated heterocycles. The van der Waals surface area contributed by atoms with Gasteiger partial charge in [0.1, 0.15) is 0 Å². The topological polar surface area (TPSA) is 0 Å². The number of rotatable bonds is 0. The van der Waals surface area contributed by atoms with Crippen molar-refractivity contribution in [2.24, 2.45) is 11.8 Å². The Morgan fingerprint density at radius 2 is 2.11 bits per heavy atom. The first-order valence-corrected chi connectivity index (χ1v) is 3.87. The Morgan fingerprint density at radius 3 is 2.56 bits per heavy atom. The minimum Gasteiger partial charge on any atom is -0.0825 e. The van der Waals surface area contributed by atoms with Gasteiger partial charge in [-0.15, -0.1) is 0 Å². The van der Waals surface area contributed by atoms with Gasteiger partial charge >= 0.3 is 0 Å². The maximum atomic E-state index is 2.41. The summed E-state index contributed by atoms with van der Waals surface area (Å²) >= 11 is 0. The van der Waals surface area contributed by atoms with Crippen molar-refractivity contribution in [3.05, 3.63) is 11.6 Å². The highest BCUT2D eigenvalue weighted by Gasteiger charge is 2.14. The quantitative estimate of drug-likeness (QED) is 0.435. The minimum atomic E-state index is 0.818. The van der Waals surface area contributed by atoms with Crippen molar-refractivity contribution >= 4 is 0 Å². The lowest BCUT2D eigenvalue weighted by molar-refractivity contribution is 0.404. The molecule has 1 aliphatic rings. The first-order chi connectivity index (χ1) is 4.20. The summed E-state index contributed by atoms with van der Waals surface area (Å²) in [6.07, 6.45) is 5.13. The van der Waals surface area contributed by atoms with E-state index in [0.717, 1.165) is 11.8 Å². The summed E-state index contributed by atoms with van der Waals surface area (Å²) in [7, 11) is 0. The summed E-state index contributed by atoms with van der Waals surface area (Å²) in [6, 6.07) is 0. The third-order valence-electron chi connectivity index (χ3n) is 2.44. The van der Waals surface area contributed by atoms with Crippen LogP contribution in [0.25, 0.3) is 0 Å². The van der Waals surface area contributed by atoms with E-state index in [-0.39, 0.29) is 0 Å². The van der Waals surface area contributed by atoms with Crippen molar-refractivity contribution in [3.8, 4) is 0 Å². The third kappa shape index (κ3) is 1.57. The molecule has 0 heteroatoms. The van der Waals surface area contributed by atoms with Crippen molar-refractivity contribution in [2.45, 2.75) is 33.6 Å². The van der Waals surface area contributed by atoms with Crippen LogP contribution < -0.4 is 0 Å². The molecule has 0 aliphatic heterocycles. The van der Waals surface area contributed by atoms with Crippen LogP contribution in [0.15, 0.2) is 11.6 Å². The Labute approximate surface area is 58.0 Å². The summed E-state index contributed by atoms with van der Waals surface area (Å²) in [5.74, 6) is 1.73. The fourth-order valence-electron chi connectivity index (χ4n) is 1.41. The zero-order valence-electron chi connectivity index (χ0n) is 6.65. The Kier molecular flexibility index (Phi) is 1.94. The van der Waals surface area contributed by atoms with Crippen molar-refractivity contribution in [1.82, 2.24) is 0 Å². The normalized spacial score (nSPS) is 36.1. The van der Waals surface area contributed by atoms with Gasteiger partial charge in [-0.1, -0.05) is 25.5 Å². The molecule has 0 fully saturated rings. The van der Waals surface area contributed by atoms with Crippen molar-refractivity contribution in [2.75, 3.05) is 0 Å². The molecular weight excluding hydrogens is 108 g/mol. The Bertz CT molecular complexity index is 122. The van der Waals surface area contributed by atoms with Gasteiger partial charge in [0, 0.05) is 0 Å². The highest BCUT2D eigenvalue weighted by molar-refractivity contribution is 5.05. The van der Waals surface area contributed by atoms with E-state index in [0.29, 0.717) is 0 Å². The van der Waals surface area contributed by atoms with E-state index in [9.17, 15) is 0 Å². The molecule has 9 heavy (non-hydrogen) atoms. The zero-order chi connectivity index (χ0) is 6.85. The van der Waals surface area contributed by atoms with Crippen LogP contribution in [0.4, 0.5) is 0 Å². The van der Waals surface area contributed by atoms with Crippen LogP contribution in [0.1, 0.15) is 33.6 Å². The number of hydrogen-bond acceptors (Lipinski definition) is 0. The molecule has 0 amide bonds. The lowest BCUT2D eigenvalue weighted by Crippen LogP contribution is -2.10. The average Bonchev–Trinajstić information content (AvgIpc) is 1.80. The van der Waals surface area contributed by atoms with Crippen LogP contribution in [0, 0.1) is 11.8 Å².